The highest BCUT2D eigenvalue weighted by Crippen LogP contribution is 2.30. The molecule has 9 heteroatoms. The molecule has 1 heterocycles. The van der Waals surface area contributed by atoms with E-state index in [9.17, 15) is 22.8 Å². The first-order valence-electron chi connectivity index (χ1n) is 11.4. The van der Waals surface area contributed by atoms with Crippen LogP contribution in [0.2, 0.25) is 0 Å². The molecule has 0 aliphatic carbocycles. The topological polar surface area (TPSA) is 104 Å². The Balaban J connectivity index is 1.83. The van der Waals surface area contributed by atoms with Gasteiger partial charge in [0.1, 0.15) is 10.9 Å². The highest BCUT2D eigenvalue weighted by atomic mass is 32.2. The molecular formula is C25H31N3O5S. The number of fused-ring (bicyclic) bond motifs is 1. The van der Waals surface area contributed by atoms with Crippen LogP contribution in [0.4, 0.5) is 0 Å². The normalized spacial score (nSPS) is 15.2. The maximum Gasteiger partial charge on any atom is 0.269 e. The Morgan fingerprint density at radius 2 is 1.79 bits per heavy atom. The zero-order chi connectivity index (χ0) is 25.0. The molecule has 34 heavy (non-hydrogen) atoms. The maximum absolute atomic E-state index is 13.4. The number of hydrogen-bond acceptors (Lipinski definition) is 5. The van der Waals surface area contributed by atoms with E-state index in [1.807, 2.05) is 52.0 Å². The van der Waals surface area contributed by atoms with Crippen molar-refractivity contribution in [2.45, 2.75) is 64.1 Å². The first kappa shape index (κ1) is 25.4. The number of nitrogens with one attached hydrogen (secondary N) is 1. The van der Waals surface area contributed by atoms with Gasteiger partial charge in [0.2, 0.25) is 11.8 Å². The Labute approximate surface area is 201 Å². The van der Waals surface area contributed by atoms with Crippen LogP contribution >= 0.6 is 0 Å². The third-order valence-electron chi connectivity index (χ3n) is 5.69. The van der Waals surface area contributed by atoms with E-state index in [-0.39, 0.29) is 41.9 Å². The molecule has 1 aliphatic heterocycles. The Hall–Kier alpha value is -3.20. The summed E-state index contributed by atoms with van der Waals surface area (Å²) in [6.45, 7) is 7.37. The van der Waals surface area contributed by atoms with Crippen LogP contribution in [0.25, 0.3) is 0 Å². The highest BCUT2D eigenvalue weighted by Gasteiger charge is 2.41. The fourth-order valence-corrected chi connectivity index (χ4v) is 5.67. The molecule has 1 aliphatic rings. The second-order valence-corrected chi connectivity index (χ2v) is 10.6. The number of rotatable bonds is 9. The van der Waals surface area contributed by atoms with Crippen LogP contribution in [0, 0.1) is 6.92 Å². The van der Waals surface area contributed by atoms with Gasteiger partial charge in [-0.3, -0.25) is 14.4 Å². The van der Waals surface area contributed by atoms with Crippen molar-refractivity contribution >= 4 is 27.7 Å². The number of aryl methyl sites for hydroxylation is 1. The Morgan fingerprint density at radius 1 is 1.09 bits per heavy atom. The Kier molecular flexibility index (Phi) is 7.76. The number of benzene rings is 2. The summed E-state index contributed by atoms with van der Waals surface area (Å²) in [7, 11) is -4.01. The lowest BCUT2D eigenvalue weighted by Crippen LogP contribution is -2.51. The average molecular weight is 486 g/mol. The van der Waals surface area contributed by atoms with E-state index < -0.39 is 27.9 Å². The maximum atomic E-state index is 13.4. The zero-order valence-corrected chi connectivity index (χ0v) is 20.8. The lowest BCUT2D eigenvalue weighted by Gasteiger charge is -2.31. The lowest BCUT2D eigenvalue weighted by atomic mass is 10.1. The van der Waals surface area contributed by atoms with E-state index in [0.29, 0.717) is 6.42 Å². The van der Waals surface area contributed by atoms with Gasteiger partial charge in [0, 0.05) is 25.6 Å². The summed E-state index contributed by atoms with van der Waals surface area (Å²) in [5.74, 6) is -1.31. The van der Waals surface area contributed by atoms with E-state index in [4.69, 9.17) is 0 Å². The number of amides is 3. The summed E-state index contributed by atoms with van der Waals surface area (Å²) >= 11 is 0. The molecule has 0 fully saturated rings. The quantitative estimate of drug-likeness (QED) is 0.588. The molecular weight excluding hydrogens is 454 g/mol. The van der Waals surface area contributed by atoms with Gasteiger partial charge in [0.05, 0.1) is 5.56 Å². The van der Waals surface area contributed by atoms with Crippen molar-refractivity contribution in [2.24, 2.45) is 0 Å². The van der Waals surface area contributed by atoms with Gasteiger partial charge in [0.15, 0.2) is 0 Å². The summed E-state index contributed by atoms with van der Waals surface area (Å²) in [6.07, 6.45) is 0.165. The predicted molar refractivity (Wildman–Crippen MR) is 128 cm³/mol. The third-order valence-corrected chi connectivity index (χ3v) is 7.53. The fraction of sp³-hybridized carbons (Fsp3) is 0.400. The minimum atomic E-state index is -4.01. The van der Waals surface area contributed by atoms with Gasteiger partial charge < -0.3 is 10.2 Å². The first-order chi connectivity index (χ1) is 16.1. The van der Waals surface area contributed by atoms with Crippen molar-refractivity contribution in [3.8, 4) is 0 Å². The fourth-order valence-electron chi connectivity index (χ4n) is 4.10. The first-order valence-corrected chi connectivity index (χ1v) is 12.8. The molecule has 0 radical (unpaired) electrons. The predicted octanol–water partition coefficient (Wildman–Crippen LogP) is 2.86. The third kappa shape index (κ3) is 5.30. The second kappa shape index (κ2) is 10.4. The van der Waals surface area contributed by atoms with E-state index in [1.165, 1.54) is 17.0 Å². The molecule has 0 spiro atoms. The number of carbonyl (C=O) groups is 3. The van der Waals surface area contributed by atoms with Crippen molar-refractivity contribution in [3.05, 3.63) is 65.2 Å². The molecule has 0 unspecified atom stereocenters. The Morgan fingerprint density at radius 3 is 2.41 bits per heavy atom. The summed E-state index contributed by atoms with van der Waals surface area (Å²) < 4.78 is 26.4. The van der Waals surface area contributed by atoms with Crippen LogP contribution < -0.4 is 5.32 Å². The van der Waals surface area contributed by atoms with Gasteiger partial charge in [-0.05, 0) is 44.9 Å². The average Bonchev–Trinajstić information content (AvgIpc) is 2.97. The number of sulfonamides is 1. The minimum absolute atomic E-state index is 0.0492. The lowest BCUT2D eigenvalue weighted by molar-refractivity contribution is -0.141. The molecule has 0 bridgehead atoms. The summed E-state index contributed by atoms with van der Waals surface area (Å²) in [6, 6.07) is 12.8. The molecule has 182 valence electrons. The van der Waals surface area contributed by atoms with E-state index in [1.54, 1.807) is 12.1 Å². The van der Waals surface area contributed by atoms with Gasteiger partial charge in [-0.25, -0.2) is 12.7 Å². The molecule has 2 aromatic rings. The number of hydrogen-bond donors (Lipinski definition) is 1. The zero-order valence-electron chi connectivity index (χ0n) is 19.9. The van der Waals surface area contributed by atoms with Crippen molar-refractivity contribution in [3.63, 3.8) is 0 Å². The SMILES string of the molecule is CC[C@@H](C(=O)NC(C)C)N(Cc1cccc(C)c1)C(=O)CCN1C(=O)c2ccccc2S1(=O)=O. The molecule has 1 N–H and O–H groups in total. The van der Waals surface area contributed by atoms with E-state index in [0.717, 1.165) is 15.4 Å². The molecule has 3 rings (SSSR count). The van der Waals surface area contributed by atoms with Crippen molar-refractivity contribution in [1.82, 2.24) is 14.5 Å². The number of nitrogens with zero attached hydrogens (tertiary/aromatic N) is 2. The number of carbonyl (C=O) groups excluding carboxylic acids is 3. The largest absolute Gasteiger partial charge is 0.352 e. The van der Waals surface area contributed by atoms with Crippen LogP contribution in [-0.2, 0) is 26.2 Å². The molecule has 0 saturated carbocycles. The van der Waals surface area contributed by atoms with Crippen molar-refractivity contribution in [1.29, 1.82) is 0 Å². The van der Waals surface area contributed by atoms with Gasteiger partial charge in [-0.1, -0.05) is 48.9 Å². The van der Waals surface area contributed by atoms with Crippen LogP contribution in [0.5, 0.6) is 0 Å². The highest BCUT2D eigenvalue weighted by molar-refractivity contribution is 7.90. The molecule has 2 aromatic carbocycles. The second-order valence-electron chi connectivity index (χ2n) is 8.73. The van der Waals surface area contributed by atoms with Gasteiger partial charge in [0.25, 0.3) is 15.9 Å². The molecule has 3 amide bonds. The molecule has 0 aromatic heterocycles. The minimum Gasteiger partial charge on any atom is -0.352 e. The van der Waals surface area contributed by atoms with Crippen LogP contribution in [0.3, 0.4) is 0 Å². The van der Waals surface area contributed by atoms with E-state index in [2.05, 4.69) is 5.32 Å². The standard InChI is InChI=1S/C25H31N3O5S/c1-5-21(24(30)26-17(2)3)27(16-19-10-8-9-18(4)15-19)23(29)13-14-28-25(31)20-11-6-7-12-22(20)34(28,32)33/h6-12,15,17,21H,5,13-14,16H2,1-4H3,(H,26,30)/t21-/m0/s1. The van der Waals surface area contributed by atoms with Crippen LogP contribution in [-0.4, -0.2) is 54.0 Å². The van der Waals surface area contributed by atoms with Crippen molar-refractivity contribution in [2.75, 3.05) is 6.54 Å². The van der Waals surface area contributed by atoms with E-state index >= 15 is 0 Å². The summed E-state index contributed by atoms with van der Waals surface area (Å²) in [5.41, 5.74) is 1.99. The van der Waals surface area contributed by atoms with Gasteiger partial charge in [-0.2, -0.15) is 0 Å². The summed E-state index contributed by atoms with van der Waals surface area (Å²) in [4.78, 5) is 40.4. The molecule has 1 atom stereocenters. The van der Waals surface area contributed by atoms with Gasteiger partial charge >= 0.3 is 0 Å². The smallest absolute Gasteiger partial charge is 0.269 e. The molecule has 0 saturated heterocycles. The Bertz CT molecular complexity index is 1190. The van der Waals surface area contributed by atoms with Crippen LogP contribution in [0.1, 0.15) is 55.1 Å². The van der Waals surface area contributed by atoms with Crippen molar-refractivity contribution < 1.29 is 22.8 Å². The van der Waals surface area contributed by atoms with Gasteiger partial charge in [-0.15, -0.1) is 0 Å². The molecule has 8 nitrogen and oxygen atoms in total. The monoisotopic (exact) mass is 485 g/mol. The summed E-state index contributed by atoms with van der Waals surface area (Å²) in [5, 5.41) is 2.86. The van der Waals surface area contributed by atoms with Crippen LogP contribution in [0.15, 0.2) is 53.4 Å².